The van der Waals surface area contributed by atoms with Gasteiger partial charge in [-0.15, -0.1) is 0 Å². The van der Waals surface area contributed by atoms with Gasteiger partial charge in [-0.25, -0.2) is 4.79 Å². The van der Waals surface area contributed by atoms with Crippen molar-refractivity contribution in [3.05, 3.63) is 35.4 Å². The number of rotatable bonds is 7. The number of nitrogens with one attached hydrogen (secondary N) is 2. The molecule has 1 aromatic rings. The molecule has 0 aliphatic heterocycles. The largest absolute Gasteiger partial charge is 0.387 e. The zero-order valence-corrected chi connectivity index (χ0v) is 15.0. The molecule has 0 aromatic heterocycles. The highest BCUT2D eigenvalue weighted by Gasteiger charge is 2.15. The van der Waals surface area contributed by atoms with Crippen LogP contribution < -0.4 is 10.6 Å². The van der Waals surface area contributed by atoms with Crippen molar-refractivity contribution in [3.8, 4) is 0 Å². The standard InChI is InChI=1S/C18H31N3O2/c1-6-21(12-11-19-17(23)20-18(3,4)5)13-16(22)15-9-7-14(2)8-10-15/h7-10,16,22H,6,11-13H2,1-5H3,(H2,19,20,23). The molecule has 0 heterocycles. The topological polar surface area (TPSA) is 64.6 Å². The van der Waals surface area contributed by atoms with Gasteiger partial charge in [-0.3, -0.25) is 4.90 Å². The number of urea groups is 1. The molecule has 5 heteroatoms. The first-order valence-corrected chi connectivity index (χ1v) is 8.24. The van der Waals surface area contributed by atoms with Crippen LogP contribution in [0.1, 0.15) is 44.9 Å². The van der Waals surface area contributed by atoms with E-state index in [1.807, 2.05) is 52.0 Å². The molecular formula is C18H31N3O2. The maximum absolute atomic E-state index is 11.7. The molecule has 130 valence electrons. The minimum atomic E-state index is -0.515. The van der Waals surface area contributed by atoms with Crippen molar-refractivity contribution < 1.29 is 9.90 Å². The van der Waals surface area contributed by atoms with Crippen LogP contribution in [0.25, 0.3) is 0 Å². The number of carbonyl (C=O) groups excluding carboxylic acids is 1. The van der Waals surface area contributed by atoms with Gasteiger partial charge in [-0.2, -0.15) is 0 Å². The van der Waals surface area contributed by atoms with E-state index in [4.69, 9.17) is 0 Å². The molecule has 1 unspecified atom stereocenters. The van der Waals surface area contributed by atoms with E-state index in [1.165, 1.54) is 5.56 Å². The third-order valence-electron chi connectivity index (χ3n) is 3.54. The summed E-state index contributed by atoms with van der Waals surface area (Å²) in [4.78, 5) is 13.8. The van der Waals surface area contributed by atoms with Gasteiger partial charge in [0.25, 0.3) is 0 Å². The van der Waals surface area contributed by atoms with Gasteiger partial charge in [0.2, 0.25) is 0 Å². The summed E-state index contributed by atoms with van der Waals surface area (Å²) in [5.74, 6) is 0. The third kappa shape index (κ3) is 8.00. The molecule has 0 aliphatic carbocycles. The quantitative estimate of drug-likeness (QED) is 0.723. The fourth-order valence-corrected chi connectivity index (χ4v) is 2.23. The highest BCUT2D eigenvalue weighted by atomic mass is 16.3. The summed E-state index contributed by atoms with van der Waals surface area (Å²) in [7, 11) is 0. The maximum atomic E-state index is 11.7. The number of benzene rings is 1. The lowest BCUT2D eigenvalue weighted by Gasteiger charge is -2.25. The van der Waals surface area contributed by atoms with Crippen molar-refractivity contribution in [1.82, 2.24) is 15.5 Å². The van der Waals surface area contributed by atoms with E-state index >= 15 is 0 Å². The summed E-state index contributed by atoms with van der Waals surface area (Å²) >= 11 is 0. The zero-order chi connectivity index (χ0) is 17.5. The predicted octanol–water partition coefficient (Wildman–Crippen LogP) is 2.45. The Morgan fingerprint density at radius 2 is 1.87 bits per heavy atom. The minimum absolute atomic E-state index is 0.160. The molecular weight excluding hydrogens is 290 g/mol. The molecule has 0 saturated carbocycles. The van der Waals surface area contributed by atoms with Crippen LogP contribution in [0.2, 0.25) is 0 Å². The normalized spacial score (nSPS) is 13.0. The summed E-state index contributed by atoms with van der Waals surface area (Å²) in [5, 5.41) is 16.0. The summed E-state index contributed by atoms with van der Waals surface area (Å²) in [6.07, 6.45) is -0.515. The summed E-state index contributed by atoms with van der Waals surface area (Å²) in [6, 6.07) is 7.78. The number of carbonyl (C=O) groups is 1. The lowest BCUT2D eigenvalue weighted by Crippen LogP contribution is -2.48. The molecule has 1 atom stereocenters. The van der Waals surface area contributed by atoms with Crippen molar-refractivity contribution in [2.45, 2.75) is 46.3 Å². The Morgan fingerprint density at radius 1 is 1.26 bits per heavy atom. The smallest absolute Gasteiger partial charge is 0.315 e. The Balaban J connectivity index is 2.39. The monoisotopic (exact) mass is 321 g/mol. The lowest BCUT2D eigenvalue weighted by molar-refractivity contribution is 0.116. The molecule has 1 aromatic carbocycles. The molecule has 0 radical (unpaired) electrons. The Labute approximate surface area is 140 Å². The lowest BCUT2D eigenvalue weighted by atomic mass is 10.1. The van der Waals surface area contributed by atoms with E-state index in [-0.39, 0.29) is 11.6 Å². The second-order valence-corrected chi connectivity index (χ2v) is 6.95. The van der Waals surface area contributed by atoms with Crippen LogP contribution in [0.5, 0.6) is 0 Å². The van der Waals surface area contributed by atoms with Gasteiger partial charge in [0.1, 0.15) is 0 Å². The van der Waals surface area contributed by atoms with E-state index in [0.29, 0.717) is 19.6 Å². The fraction of sp³-hybridized carbons (Fsp3) is 0.611. The van der Waals surface area contributed by atoms with Gasteiger partial charge in [0.15, 0.2) is 0 Å². The number of amides is 2. The maximum Gasteiger partial charge on any atom is 0.315 e. The Kier molecular flexibility index (Phi) is 7.52. The Morgan fingerprint density at radius 3 is 2.39 bits per heavy atom. The average Bonchev–Trinajstić information content (AvgIpc) is 2.44. The van der Waals surface area contributed by atoms with Crippen LogP contribution in [0, 0.1) is 6.92 Å². The van der Waals surface area contributed by atoms with Crippen molar-refractivity contribution in [1.29, 1.82) is 0 Å². The van der Waals surface area contributed by atoms with Gasteiger partial charge in [0.05, 0.1) is 6.10 Å². The van der Waals surface area contributed by atoms with Crippen molar-refractivity contribution in [2.24, 2.45) is 0 Å². The SMILES string of the molecule is CCN(CCNC(=O)NC(C)(C)C)CC(O)c1ccc(C)cc1. The van der Waals surface area contributed by atoms with Gasteiger partial charge >= 0.3 is 6.03 Å². The molecule has 0 bridgehead atoms. The second kappa shape index (κ2) is 8.89. The number of nitrogens with zero attached hydrogens (tertiary/aromatic N) is 1. The minimum Gasteiger partial charge on any atom is -0.387 e. The van der Waals surface area contributed by atoms with Crippen molar-refractivity contribution in [3.63, 3.8) is 0 Å². The average molecular weight is 321 g/mol. The van der Waals surface area contributed by atoms with Gasteiger partial charge in [-0.1, -0.05) is 36.8 Å². The first-order valence-electron chi connectivity index (χ1n) is 8.24. The van der Waals surface area contributed by atoms with Crippen LogP contribution in [-0.2, 0) is 0 Å². The number of hydrogen-bond acceptors (Lipinski definition) is 3. The highest BCUT2D eigenvalue weighted by Crippen LogP contribution is 2.14. The molecule has 2 amide bonds. The third-order valence-corrected chi connectivity index (χ3v) is 3.54. The molecule has 0 spiro atoms. The molecule has 0 saturated heterocycles. The molecule has 5 nitrogen and oxygen atoms in total. The van der Waals surface area contributed by atoms with Gasteiger partial charge in [-0.05, 0) is 39.8 Å². The van der Waals surface area contributed by atoms with E-state index in [0.717, 1.165) is 12.1 Å². The van der Waals surface area contributed by atoms with Crippen LogP contribution in [0.4, 0.5) is 4.79 Å². The highest BCUT2D eigenvalue weighted by molar-refractivity contribution is 5.74. The number of aryl methyl sites for hydroxylation is 1. The van der Waals surface area contributed by atoms with Crippen LogP contribution in [0.15, 0.2) is 24.3 Å². The first-order chi connectivity index (χ1) is 10.7. The van der Waals surface area contributed by atoms with Gasteiger partial charge < -0.3 is 15.7 Å². The number of aliphatic hydroxyl groups is 1. The van der Waals surface area contributed by atoms with Crippen molar-refractivity contribution >= 4 is 6.03 Å². The van der Waals surface area contributed by atoms with E-state index in [2.05, 4.69) is 22.5 Å². The van der Waals surface area contributed by atoms with E-state index in [9.17, 15) is 9.90 Å². The Hall–Kier alpha value is -1.59. The second-order valence-electron chi connectivity index (χ2n) is 6.95. The molecule has 1 rings (SSSR count). The summed E-state index contributed by atoms with van der Waals surface area (Å²) < 4.78 is 0. The number of aliphatic hydroxyl groups excluding tert-OH is 1. The number of likely N-dealkylation sites (N-methyl/N-ethyl adjacent to an activating group) is 1. The van der Waals surface area contributed by atoms with E-state index < -0.39 is 6.10 Å². The predicted molar refractivity (Wildman–Crippen MR) is 94.5 cm³/mol. The molecule has 0 aliphatic rings. The van der Waals surface area contributed by atoms with E-state index in [1.54, 1.807) is 0 Å². The fourth-order valence-electron chi connectivity index (χ4n) is 2.23. The summed E-state index contributed by atoms with van der Waals surface area (Å²) in [5.41, 5.74) is 1.87. The first kappa shape index (κ1) is 19.5. The molecule has 3 N–H and O–H groups in total. The molecule has 0 fully saturated rings. The molecule has 23 heavy (non-hydrogen) atoms. The number of hydrogen-bond donors (Lipinski definition) is 3. The van der Waals surface area contributed by atoms with Crippen molar-refractivity contribution in [2.75, 3.05) is 26.2 Å². The van der Waals surface area contributed by atoms with Crippen LogP contribution in [0.3, 0.4) is 0 Å². The zero-order valence-electron chi connectivity index (χ0n) is 15.0. The Bertz CT molecular complexity index is 480. The van der Waals surface area contributed by atoms with Gasteiger partial charge in [0, 0.05) is 25.2 Å². The summed E-state index contributed by atoms with van der Waals surface area (Å²) in [6.45, 7) is 12.6. The van der Waals surface area contributed by atoms with Crippen LogP contribution >= 0.6 is 0 Å². The van der Waals surface area contributed by atoms with Crippen LogP contribution in [-0.4, -0.2) is 47.8 Å².